The Morgan fingerprint density at radius 2 is 1.70 bits per heavy atom. The summed E-state index contributed by atoms with van der Waals surface area (Å²) in [6.45, 7) is 12.7. The second kappa shape index (κ2) is 9.98. The number of ether oxygens (including phenoxy) is 3. The number of carbonyl (C=O) groups excluding carboxylic acids is 2. The van der Waals surface area contributed by atoms with Crippen LogP contribution in [-0.2, 0) is 23.8 Å². The summed E-state index contributed by atoms with van der Waals surface area (Å²) in [5, 5.41) is 0. The maximum atomic E-state index is 12.2. The number of halogens is 1. The molecule has 5 aliphatic rings. The van der Waals surface area contributed by atoms with Gasteiger partial charge in [-0.05, 0) is 85.9 Å². The molecule has 1 heterocycles. The Balaban J connectivity index is 1.41. The number of esters is 2. The smallest absolute Gasteiger partial charge is 0.304 e. The summed E-state index contributed by atoms with van der Waals surface area (Å²) in [6, 6.07) is 0. The molecule has 37 heavy (non-hydrogen) atoms. The Kier molecular flexibility index (Phi) is 7.49. The first-order valence-electron chi connectivity index (χ1n) is 15.1. The van der Waals surface area contributed by atoms with Crippen LogP contribution in [0.4, 0.5) is 0 Å². The van der Waals surface area contributed by atoms with E-state index < -0.39 is 16.6 Å². The van der Waals surface area contributed by atoms with Gasteiger partial charge in [0.1, 0.15) is 6.10 Å². The van der Waals surface area contributed by atoms with Gasteiger partial charge in [-0.25, -0.2) is 0 Å². The van der Waals surface area contributed by atoms with Crippen LogP contribution in [0.15, 0.2) is 0 Å². The minimum atomic E-state index is -0.664. The van der Waals surface area contributed by atoms with Gasteiger partial charge in [0.15, 0.2) is 0 Å². The first-order valence-corrected chi connectivity index (χ1v) is 15.5. The van der Waals surface area contributed by atoms with Crippen LogP contribution in [0.1, 0.15) is 112 Å². The molecule has 0 N–H and O–H groups in total. The Bertz CT molecular complexity index is 891. The fourth-order valence-corrected chi connectivity index (χ4v) is 11.0. The summed E-state index contributed by atoms with van der Waals surface area (Å²) in [6.07, 6.45) is 11.0. The maximum Gasteiger partial charge on any atom is 0.304 e. The third kappa shape index (κ3) is 4.37. The van der Waals surface area contributed by atoms with Crippen LogP contribution in [0.3, 0.4) is 0 Å². The molecule has 2 bridgehead atoms. The van der Waals surface area contributed by atoms with Crippen molar-refractivity contribution < 1.29 is 23.8 Å². The highest BCUT2D eigenvalue weighted by atomic mass is 35.5. The molecule has 5 nitrogen and oxygen atoms in total. The van der Waals surface area contributed by atoms with Crippen LogP contribution in [-0.4, -0.2) is 35.3 Å². The molecule has 5 fully saturated rings. The van der Waals surface area contributed by atoms with E-state index in [4.69, 9.17) is 25.8 Å². The van der Waals surface area contributed by atoms with E-state index in [2.05, 4.69) is 27.7 Å². The van der Waals surface area contributed by atoms with Crippen molar-refractivity contribution in [2.75, 3.05) is 0 Å². The predicted molar refractivity (Wildman–Crippen MR) is 144 cm³/mol. The van der Waals surface area contributed by atoms with E-state index in [1.807, 2.05) is 0 Å². The van der Waals surface area contributed by atoms with Crippen molar-refractivity contribution in [3.8, 4) is 0 Å². The molecular formula is C31H49ClO5. The van der Waals surface area contributed by atoms with Crippen LogP contribution in [0.2, 0.25) is 0 Å². The minimum absolute atomic E-state index is 0.178. The molecule has 0 radical (unpaired) electrons. The van der Waals surface area contributed by atoms with Gasteiger partial charge in [-0.1, -0.05) is 47.0 Å². The number of carbonyl (C=O) groups is 2. The highest BCUT2D eigenvalue weighted by Crippen LogP contribution is 2.74. The second-order valence-electron chi connectivity index (χ2n) is 14.1. The zero-order valence-corrected chi connectivity index (χ0v) is 24.6. The molecule has 0 amide bonds. The number of hydrogen-bond donors (Lipinski definition) is 0. The van der Waals surface area contributed by atoms with Crippen molar-refractivity contribution in [2.24, 2.45) is 46.3 Å². The molecule has 210 valence electrons. The zero-order valence-electron chi connectivity index (χ0n) is 23.9. The van der Waals surface area contributed by atoms with Crippen LogP contribution >= 0.6 is 11.6 Å². The first-order chi connectivity index (χ1) is 17.4. The van der Waals surface area contributed by atoms with E-state index >= 15 is 0 Å². The van der Waals surface area contributed by atoms with Crippen molar-refractivity contribution in [3.05, 3.63) is 0 Å². The monoisotopic (exact) mass is 536 g/mol. The summed E-state index contributed by atoms with van der Waals surface area (Å²) in [4.78, 5) is 23.3. The van der Waals surface area contributed by atoms with Gasteiger partial charge in [-0.15, -0.1) is 11.6 Å². The van der Waals surface area contributed by atoms with Crippen LogP contribution < -0.4 is 0 Å². The van der Waals surface area contributed by atoms with E-state index in [-0.39, 0.29) is 24.1 Å². The Labute approximate surface area is 229 Å². The van der Waals surface area contributed by atoms with Crippen molar-refractivity contribution in [2.45, 2.75) is 136 Å². The highest BCUT2D eigenvalue weighted by molar-refractivity contribution is 6.25. The van der Waals surface area contributed by atoms with Crippen molar-refractivity contribution in [1.29, 1.82) is 0 Å². The van der Waals surface area contributed by atoms with Crippen molar-refractivity contribution in [1.82, 2.24) is 0 Å². The summed E-state index contributed by atoms with van der Waals surface area (Å²) in [5.41, 5.74) is -0.0422. The summed E-state index contributed by atoms with van der Waals surface area (Å²) >= 11 is 7.64. The average Bonchev–Trinajstić information content (AvgIpc) is 3.20. The molecule has 0 spiro atoms. The molecule has 0 aromatic heterocycles. The predicted octanol–water partition coefficient (Wildman–Crippen LogP) is 7.28. The lowest BCUT2D eigenvalue weighted by Gasteiger charge is -2.62. The minimum Gasteiger partial charge on any atom is -0.462 e. The van der Waals surface area contributed by atoms with Crippen LogP contribution in [0.5, 0.6) is 0 Å². The van der Waals surface area contributed by atoms with E-state index in [1.54, 1.807) is 0 Å². The largest absolute Gasteiger partial charge is 0.462 e. The van der Waals surface area contributed by atoms with Gasteiger partial charge < -0.3 is 14.2 Å². The third-order valence-corrected chi connectivity index (χ3v) is 12.5. The van der Waals surface area contributed by atoms with Gasteiger partial charge in [0, 0.05) is 20.3 Å². The molecule has 0 unspecified atom stereocenters. The molecule has 0 aromatic carbocycles. The molecule has 5 rings (SSSR count). The quantitative estimate of drug-likeness (QED) is 0.253. The fourth-order valence-electron chi connectivity index (χ4n) is 10.4. The summed E-state index contributed by atoms with van der Waals surface area (Å²) in [7, 11) is 0. The topological polar surface area (TPSA) is 61.8 Å². The Hall–Kier alpha value is -0.810. The Morgan fingerprint density at radius 3 is 2.38 bits per heavy atom. The van der Waals surface area contributed by atoms with Crippen LogP contribution in [0, 0.1) is 46.3 Å². The average molecular weight is 537 g/mol. The van der Waals surface area contributed by atoms with Gasteiger partial charge in [-0.2, -0.15) is 0 Å². The van der Waals surface area contributed by atoms with Crippen molar-refractivity contribution >= 4 is 23.5 Å². The van der Waals surface area contributed by atoms with Gasteiger partial charge in [0.05, 0.1) is 16.4 Å². The van der Waals surface area contributed by atoms with Crippen LogP contribution in [0.25, 0.3) is 0 Å². The molecule has 1 saturated heterocycles. The molecule has 4 saturated carbocycles. The molecule has 0 aromatic rings. The van der Waals surface area contributed by atoms with E-state index in [0.29, 0.717) is 29.6 Å². The van der Waals surface area contributed by atoms with Crippen molar-refractivity contribution in [3.63, 3.8) is 0 Å². The number of fused-ring (bicyclic) bond motifs is 3. The lowest BCUT2D eigenvalue weighted by molar-refractivity contribution is -0.203. The Morgan fingerprint density at radius 1 is 0.973 bits per heavy atom. The lowest BCUT2D eigenvalue weighted by atomic mass is 9.43. The van der Waals surface area contributed by atoms with Gasteiger partial charge >= 0.3 is 11.9 Å². The number of rotatable bonds is 7. The normalized spacial score (nSPS) is 47.1. The highest BCUT2D eigenvalue weighted by Gasteiger charge is 2.77. The van der Waals surface area contributed by atoms with Gasteiger partial charge in [0.2, 0.25) is 6.29 Å². The van der Waals surface area contributed by atoms with Gasteiger partial charge in [-0.3, -0.25) is 9.59 Å². The summed E-state index contributed by atoms with van der Waals surface area (Å²) in [5.74, 6) is 3.37. The standard InChI is InChI=1S/C31H49ClO5/c1-18(2)8-7-9-19(3)24-10-11-25-23-16-27-31(32)17-22(35-20(4)33)12-15-30(31,28(37-27)36-21(5)34)26(23)13-14-29(24,25)6/h18-19,22-28H,7-17H2,1-6H3/t19-,22+,23-,24+,25+,26-,27-,28-,29-,30-,31+/m1/s1. The van der Waals surface area contributed by atoms with E-state index in [0.717, 1.165) is 43.4 Å². The first kappa shape index (κ1) is 27.7. The number of alkyl halides is 1. The zero-order chi connectivity index (χ0) is 26.8. The summed E-state index contributed by atoms with van der Waals surface area (Å²) < 4.78 is 18.2. The SMILES string of the molecule is CC(=O)O[C@H]1CC[C@]23[C@H](OC(C)=O)O[C@H](C[C@H]4[C@H]2CC[C@@]2(C)[C@H]4CC[C@H]2[C@H](C)CCCC(C)C)[C@@]3(Cl)C1. The van der Waals surface area contributed by atoms with E-state index in [9.17, 15) is 9.59 Å². The molecule has 4 aliphatic carbocycles. The number of hydrogen-bond acceptors (Lipinski definition) is 5. The lowest BCUT2D eigenvalue weighted by Crippen LogP contribution is -2.65. The second-order valence-corrected chi connectivity index (χ2v) is 14.8. The fraction of sp³-hybridized carbons (Fsp3) is 0.935. The maximum absolute atomic E-state index is 12.2. The third-order valence-electron chi connectivity index (χ3n) is 11.8. The van der Waals surface area contributed by atoms with E-state index in [1.165, 1.54) is 52.4 Å². The molecular weight excluding hydrogens is 488 g/mol. The van der Waals surface area contributed by atoms with Gasteiger partial charge in [0.25, 0.3) is 0 Å². The molecule has 1 aliphatic heterocycles. The molecule has 6 heteroatoms. The molecule has 11 atom stereocenters.